The van der Waals surface area contributed by atoms with Crippen molar-refractivity contribution in [1.82, 2.24) is 5.32 Å². The summed E-state index contributed by atoms with van der Waals surface area (Å²) in [5.74, 6) is 1.26. The molecular formula is C12H20ClNO4. The van der Waals surface area contributed by atoms with E-state index in [0.717, 1.165) is 5.56 Å². The molecule has 0 amide bonds. The van der Waals surface area contributed by atoms with Crippen molar-refractivity contribution in [2.75, 3.05) is 33.5 Å². The quantitative estimate of drug-likeness (QED) is 0.606. The molecule has 1 aromatic carbocycles. The number of rotatable bonds is 8. The molecule has 0 aliphatic heterocycles. The highest BCUT2D eigenvalue weighted by Gasteiger charge is 2.05. The highest BCUT2D eigenvalue weighted by molar-refractivity contribution is 5.85. The lowest BCUT2D eigenvalue weighted by Crippen LogP contribution is -2.17. The lowest BCUT2D eigenvalue weighted by Gasteiger charge is -2.11. The van der Waals surface area contributed by atoms with Crippen LogP contribution in [0, 0.1) is 0 Å². The van der Waals surface area contributed by atoms with Gasteiger partial charge in [-0.05, 0) is 17.7 Å². The van der Waals surface area contributed by atoms with E-state index >= 15 is 0 Å². The molecule has 0 aliphatic carbocycles. The molecule has 0 radical (unpaired) electrons. The first kappa shape index (κ1) is 17.0. The number of halogens is 1. The minimum Gasteiger partial charge on any atom is -0.493 e. The third-order valence-corrected chi connectivity index (χ3v) is 2.19. The van der Waals surface area contributed by atoms with Gasteiger partial charge in [0.2, 0.25) is 0 Å². The van der Waals surface area contributed by atoms with Gasteiger partial charge in [-0.3, -0.25) is 0 Å². The standard InChI is InChI=1S/C12H19NO4.ClH/c1-16-12-8-10(9-13-4-5-14)2-3-11(12)17-7-6-15;/h2-3,8,13-15H,4-7,9H2,1H3;1H. The number of aliphatic hydroxyl groups is 2. The van der Waals surface area contributed by atoms with E-state index in [1.165, 1.54) is 0 Å². The Labute approximate surface area is 113 Å². The predicted molar refractivity (Wildman–Crippen MR) is 71.6 cm³/mol. The summed E-state index contributed by atoms with van der Waals surface area (Å²) in [7, 11) is 1.58. The fraction of sp³-hybridized carbons (Fsp3) is 0.500. The molecule has 0 heterocycles. The first-order valence-corrected chi connectivity index (χ1v) is 5.54. The molecule has 0 aliphatic rings. The maximum Gasteiger partial charge on any atom is 0.161 e. The molecule has 104 valence electrons. The van der Waals surface area contributed by atoms with Crippen LogP contribution in [0.4, 0.5) is 0 Å². The number of methoxy groups -OCH3 is 1. The zero-order valence-corrected chi connectivity index (χ0v) is 11.2. The zero-order valence-electron chi connectivity index (χ0n) is 10.4. The first-order valence-electron chi connectivity index (χ1n) is 5.54. The zero-order chi connectivity index (χ0) is 12.5. The lowest BCUT2D eigenvalue weighted by atomic mass is 10.2. The van der Waals surface area contributed by atoms with Gasteiger partial charge in [0.05, 0.1) is 20.3 Å². The van der Waals surface area contributed by atoms with Gasteiger partial charge in [0, 0.05) is 13.1 Å². The SMILES string of the molecule is COc1cc(CNCCO)ccc1OCCO.Cl. The van der Waals surface area contributed by atoms with Gasteiger partial charge >= 0.3 is 0 Å². The summed E-state index contributed by atoms with van der Waals surface area (Å²) < 4.78 is 10.5. The number of ether oxygens (including phenoxy) is 2. The Hall–Kier alpha value is -1.01. The van der Waals surface area contributed by atoms with Gasteiger partial charge in [0.25, 0.3) is 0 Å². The Morgan fingerprint density at radius 3 is 2.56 bits per heavy atom. The van der Waals surface area contributed by atoms with Crippen molar-refractivity contribution >= 4 is 12.4 Å². The van der Waals surface area contributed by atoms with E-state index in [4.69, 9.17) is 19.7 Å². The Bertz CT molecular complexity index is 336. The van der Waals surface area contributed by atoms with Crippen LogP contribution >= 0.6 is 12.4 Å². The number of hydrogen-bond donors (Lipinski definition) is 3. The number of aliphatic hydroxyl groups excluding tert-OH is 2. The van der Waals surface area contributed by atoms with Gasteiger partial charge in [-0.2, -0.15) is 0 Å². The van der Waals surface area contributed by atoms with E-state index in [9.17, 15) is 0 Å². The summed E-state index contributed by atoms with van der Waals surface area (Å²) in [5, 5.41) is 20.4. The molecule has 6 heteroatoms. The van der Waals surface area contributed by atoms with Gasteiger partial charge in [-0.15, -0.1) is 12.4 Å². The van der Waals surface area contributed by atoms with Gasteiger partial charge in [0.15, 0.2) is 11.5 Å². The van der Waals surface area contributed by atoms with Gasteiger partial charge in [-0.25, -0.2) is 0 Å². The second-order valence-electron chi connectivity index (χ2n) is 3.46. The third-order valence-electron chi connectivity index (χ3n) is 2.19. The van der Waals surface area contributed by atoms with Crippen LogP contribution in [-0.2, 0) is 6.54 Å². The minimum absolute atomic E-state index is 0. The largest absolute Gasteiger partial charge is 0.493 e. The fourth-order valence-corrected chi connectivity index (χ4v) is 1.41. The number of nitrogens with one attached hydrogen (secondary N) is 1. The van der Waals surface area contributed by atoms with Crippen LogP contribution in [0.15, 0.2) is 18.2 Å². The average molecular weight is 278 g/mol. The Kier molecular flexibility index (Phi) is 9.40. The maximum absolute atomic E-state index is 8.69. The molecule has 0 fully saturated rings. The van der Waals surface area contributed by atoms with E-state index in [1.807, 2.05) is 18.2 Å². The van der Waals surface area contributed by atoms with E-state index in [0.29, 0.717) is 24.6 Å². The second-order valence-corrected chi connectivity index (χ2v) is 3.46. The van der Waals surface area contributed by atoms with Crippen molar-refractivity contribution in [2.45, 2.75) is 6.54 Å². The van der Waals surface area contributed by atoms with Gasteiger partial charge in [-0.1, -0.05) is 6.07 Å². The molecule has 3 N–H and O–H groups in total. The average Bonchev–Trinajstić information content (AvgIpc) is 2.37. The van der Waals surface area contributed by atoms with Crippen molar-refractivity contribution in [3.63, 3.8) is 0 Å². The van der Waals surface area contributed by atoms with Crippen LogP contribution in [-0.4, -0.2) is 43.7 Å². The van der Waals surface area contributed by atoms with Crippen molar-refractivity contribution in [2.24, 2.45) is 0 Å². The van der Waals surface area contributed by atoms with Crippen molar-refractivity contribution in [3.05, 3.63) is 23.8 Å². The highest BCUT2D eigenvalue weighted by Crippen LogP contribution is 2.27. The highest BCUT2D eigenvalue weighted by atomic mass is 35.5. The Balaban J connectivity index is 0.00000289. The summed E-state index contributed by atoms with van der Waals surface area (Å²) in [6.07, 6.45) is 0. The molecule has 0 unspecified atom stereocenters. The molecule has 1 rings (SSSR count). The summed E-state index contributed by atoms with van der Waals surface area (Å²) in [5.41, 5.74) is 1.05. The van der Waals surface area contributed by atoms with E-state index < -0.39 is 0 Å². The summed E-state index contributed by atoms with van der Waals surface area (Å²) in [4.78, 5) is 0. The third kappa shape index (κ3) is 5.55. The molecule has 0 atom stereocenters. The van der Waals surface area contributed by atoms with Crippen LogP contribution in [0.2, 0.25) is 0 Å². The van der Waals surface area contributed by atoms with Crippen molar-refractivity contribution in [3.8, 4) is 11.5 Å². The molecule has 18 heavy (non-hydrogen) atoms. The smallest absolute Gasteiger partial charge is 0.161 e. The second kappa shape index (κ2) is 9.96. The molecule has 5 nitrogen and oxygen atoms in total. The molecular weight excluding hydrogens is 258 g/mol. The molecule has 0 saturated heterocycles. The Morgan fingerprint density at radius 2 is 1.94 bits per heavy atom. The summed E-state index contributed by atoms with van der Waals surface area (Å²) in [6.45, 7) is 1.57. The molecule has 1 aromatic rings. The molecule has 0 aromatic heterocycles. The molecule has 0 saturated carbocycles. The lowest BCUT2D eigenvalue weighted by molar-refractivity contribution is 0.196. The van der Waals surface area contributed by atoms with Crippen molar-refractivity contribution < 1.29 is 19.7 Å². The van der Waals surface area contributed by atoms with Crippen LogP contribution in [0.5, 0.6) is 11.5 Å². The van der Waals surface area contributed by atoms with Crippen LogP contribution < -0.4 is 14.8 Å². The topological polar surface area (TPSA) is 71.0 Å². The number of hydrogen-bond acceptors (Lipinski definition) is 5. The molecule has 0 spiro atoms. The van der Waals surface area contributed by atoms with E-state index in [1.54, 1.807) is 7.11 Å². The maximum atomic E-state index is 8.69. The van der Waals surface area contributed by atoms with Crippen LogP contribution in [0.25, 0.3) is 0 Å². The van der Waals surface area contributed by atoms with Crippen molar-refractivity contribution in [1.29, 1.82) is 0 Å². The van der Waals surface area contributed by atoms with E-state index in [-0.39, 0.29) is 32.2 Å². The van der Waals surface area contributed by atoms with E-state index in [2.05, 4.69) is 5.32 Å². The van der Waals surface area contributed by atoms with Crippen LogP contribution in [0.3, 0.4) is 0 Å². The minimum atomic E-state index is -0.0248. The first-order chi connectivity index (χ1) is 8.31. The summed E-state index contributed by atoms with van der Waals surface area (Å²) in [6, 6.07) is 5.60. The summed E-state index contributed by atoms with van der Waals surface area (Å²) >= 11 is 0. The van der Waals surface area contributed by atoms with Crippen LogP contribution in [0.1, 0.15) is 5.56 Å². The predicted octanol–water partition coefficient (Wildman–Crippen LogP) is 0.570. The normalized spacial score (nSPS) is 9.72. The van der Waals surface area contributed by atoms with Gasteiger partial charge in [0.1, 0.15) is 6.61 Å². The molecule has 0 bridgehead atoms. The fourth-order valence-electron chi connectivity index (χ4n) is 1.41. The Morgan fingerprint density at radius 1 is 1.17 bits per heavy atom. The van der Waals surface area contributed by atoms with Gasteiger partial charge < -0.3 is 25.0 Å². The monoisotopic (exact) mass is 277 g/mol. The number of benzene rings is 1.